The number of nitrogens with zero attached hydrogens (tertiary/aromatic N) is 2. The first kappa shape index (κ1) is 39.9. The number of allylic oxidation sites excluding steroid dienone is 22. The van der Waals surface area contributed by atoms with Crippen LogP contribution in [-0.2, 0) is 0 Å². The van der Waals surface area contributed by atoms with Gasteiger partial charge in [-0.2, -0.15) is 0 Å². The summed E-state index contributed by atoms with van der Waals surface area (Å²) in [6.07, 6.45) is 62.6. The summed E-state index contributed by atoms with van der Waals surface area (Å²) < 4.78 is 0. The molecule has 0 fully saturated rings. The van der Waals surface area contributed by atoms with Crippen molar-refractivity contribution in [3.63, 3.8) is 0 Å². The van der Waals surface area contributed by atoms with Gasteiger partial charge in [-0.05, 0) is 190 Å². The highest BCUT2D eigenvalue weighted by atomic mass is 15.4. The van der Waals surface area contributed by atoms with Crippen molar-refractivity contribution in [3.05, 3.63) is 222 Å². The van der Waals surface area contributed by atoms with E-state index in [9.17, 15) is 0 Å². The van der Waals surface area contributed by atoms with Crippen LogP contribution >= 0.6 is 0 Å². The predicted molar refractivity (Wildman–Crippen MR) is 277 cm³/mol. The van der Waals surface area contributed by atoms with Crippen LogP contribution in [0.25, 0.3) is 24.3 Å². The van der Waals surface area contributed by atoms with Gasteiger partial charge in [-0.15, -0.1) is 0 Å². The Morgan fingerprint density at radius 3 is 2.37 bits per heavy atom. The zero-order valence-electron chi connectivity index (χ0n) is 38.7. The Bertz CT molecular complexity index is 3230. The van der Waals surface area contributed by atoms with E-state index in [4.69, 9.17) is 4.99 Å². The highest BCUT2D eigenvalue weighted by Gasteiger charge is 2.47. The average molecular weight is 872 g/mol. The monoisotopic (exact) mass is 871 g/mol. The smallest absolute Gasteiger partial charge is 0.132 e. The van der Waals surface area contributed by atoms with Gasteiger partial charge in [0.05, 0.1) is 12.1 Å². The van der Waals surface area contributed by atoms with Crippen LogP contribution in [0.3, 0.4) is 0 Å². The van der Waals surface area contributed by atoms with E-state index in [0.29, 0.717) is 35.5 Å². The third kappa shape index (κ3) is 6.77. The maximum Gasteiger partial charge on any atom is 0.132 e. The zero-order chi connectivity index (χ0) is 44.0. The van der Waals surface area contributed by atoms with Gasteiger partial charge in [0.1, 0.15) is 12.0 Å². The lowest BCUT2D eigenvalue weighted by Gasteiger charge is -2.49. The van der Waals surface area contributed by atoms with Gasteiger partial charge in [-0.1, -0.05) is 152 Å². The van der Waals surface area contributed by atoms with Crippen molar-refractivity contribution < 1.29 is 0 Å². The van der Waals surface area contributed by atoms with Crippen LogP contribution in [0, 0.1) is 35.5 Å². The Balaban J connectivity index is 0.813. The van der Waals surface area contributed by atoms with E-state index in [-0.39, 0.29) is 18.2 Å². The van der Waals surface area contributed by atoms with E-state index in [0.717, 1.165) is 51.4 Å². The van der Waals surface area contributed by atoms with Gasteiger partial charge >= 0.3 is 0 Å². The fraction of sp³-hybridized carbons (Fsp3) is 0.328. The van der Waals surface area contributed by atoms with E-state index < -0.39 is 0 Å². The number of rotatable bonds is 5. The first-order chi connectivity index (χ1) is 33.2. The second-order valence-electron chi connectivity index (χ2n) is 21.3. The first-order valence-electron chi connectivity index (χ1n) is 25.9. The Labute approximate surface area is 396 Å². The fourth-order valence-corrected chi connectivity index (χ4v) is 14.6. The summed E-state index contributed by atoms with van der Waals surface area (Å²) in [4.78, 5) is 8.02. The quantitative estimate of drug-likeness (QED) is 0.324. The standard InChI is InChI=1S/C64H61N3/c1-4-14-45-35-50(28-25-40(45)11-1)61-53-17-7-8-18-54(53)62(51-29-26-41-12-2-5-15-46(41)36-51)57-38-48(31-33-55(57)61)43-21-23-44(24-22-43)49-32-34-56-59(39-49)66-63(52-30-27-42-13-3-6-16-47(42)37-52)67-60-20-10-9-19-58(60)65-64(56)67/h1-2,4-5,7-14,16,18-21,23,25-27,29-30,35,37-39,46,50-51,53,55,58,60-61,63,66H,3,6,15,17,22,24,28,31-34,36H2. The van der Waals surface area contributed by atoms with Crippen molar-refractivity contribution in [2.24, 2.45) is 40.5 Å². The molecule has 3 nitrogen and oxygen atoms in total. The minimum Gasteiger partial charge on any atom is -0.361 e. The molecule has 14 rings (SSSR count). The third-order valence-corrected chi connectivity index (χ3v) is 17.8. The highest BCUT2D eigenvalue weighted by Crippen LogP contribution is 2.57. The minimum absolute atomic E-state index is 0.0371. The normalized spacial score (nSPS) is 32.7. The highest BCUT2D eigenvalue weighted by molar-refractivity contribution is 6.03. The van der Waals surface area contributed by atoms with E-state index in [1.165, 1.54) is 85.9 Å². The molecule has 1 N–H and O–H groups in total. The van der Waals surface area contributed by atoms with Gasteiger partial charge in [0.15, 0.2) is 0 Å². The molecule has 332 valence electrons. The molecule has 0 radical (unpaired) electrons. The molecule has 0 spiro atoms. The Hall–Kier alpha value is -6.19. The Morgan fingerprint density at radius 2 is 1.46 bits per heavy atom. The number of nitrogens with one attached hydrogen (secondary N) is 1. The number of hydrogen-bond acceptors (Lipinski definition) is 3. The van der Waals surface area contributed by atoms with Crippen molar-refractivity contribution in [3.8, 4) is 0 Å². The van der Waals surface area contributed by atoms with Crippen molar-refractivity contribution in [1.82, 2.24) is 10.2 Å². The number of hydrogen-bond donors (Lipinski definition) is 1. The maximum atomic E-state index is 5.43. The van der Waals surface area contributed by atoms with E-state index in [1.54, 1.807) is 27.9 Å². The van der Waals surface area contributed by atoms with Gasteiger partial charge in [-0.3, -0.25) is 4.99 Å². The summed E-state index contributed by atoms with van der Waals surface area (Å²) in [6, 6.07) is 16.6. The van der Waals surface area contributed by atoms with E-state index in [2.05, 4.69) is 174 Å². The Kier molecular flexibility index (Phi) is 9.69. The second kappa shape index (κ2) is 16.3. The van der Waals surface area contributed by atoms with Crippen molar-refractivity contribution in [2.45, 2.75) is 95.3 Å². The lowest BCUT2D eigenvalue weighted by atomic mass is 9.55. The lowest BCUT2D eigenvalue weighted by Crippen LogP contribution is -2.51. The molecule has 2 aromatic carbocycles. The molecule has 10 aliphatic carbocycles. The zero-order valence-corrected chi connectivity index (χ0v) is 38.7. The van der Waals surface area contributed by atoms with Crippen LogP contribution in [0.2, 0.25) is 0 Å². The second-order valence-corrected chi connectivity index (χ2v) is 21.3. The molecule has 0 amide bonds. The summed E-state index contributed by atoms with van der Waals surface area (Å²) in [5.41, 5.74) is 16.7. The van der Waals surface area contributed by atoms with Crippen LogP contribution in [-0.4, -0.2) is 22.8 Å². The number of fused-ring (bicyclic) bond motifs is 9. The molecule has 9 unspecified atom stereocenters. The molecule has 0 saturated carbocycles. The van der Waals surface area contributed by atoms with E-state index in [1.807, 2.05) is 0 Å². The summed E-state index contributed by atoms with van der Waals surface area (Å²) in [5, 5.41) is 9.70. The molecular weight excluding hydrogens is 811 g/mol. The molecule has 2 aliphatic heterocycles. The number of amidine groups is 1. The van der Waals surface area contributed by atoms with Gasteiger partial charge in [0.25, 0.3) is 0 Å². The molecule has 2 aromatic rings. The van der Waals surface area contributed by atoms with Crippen molar-refractivity contribution in [1.29, 1.82) is 0 Å². The molecule has 0 saturated heterocycles. The number of aliphatic imine (C=N–C) groups is 1. The predicted octanol–water partition coefficient (Wildman–Crippen LogP) is 11.0. The summed E-state index contributed by atoms with van der Waals surface area (Å²) in [6.45, 7) is 0. The van der Waals surface area contributed by atoms with Gasteiger partial charge in [0.2, 0.25) is 0 Å². The first-order valence-corrected chi connectivity index (χ1v) is 25.9. The maximum absolute atomic E-state index is 5.43. The molecule has 12 aliphatic rings. The SMILES string of the molecule is C1=CCC2CC(C3=C4C=C(C5=CC=C(C6=CC7=C(CC6)C6=NC8C=CC=CC8N6C(c6ccc8c(c6)=CCCC=8)N7)CC5)CCC4C(C4C=c5ccccc5=CC4)C4CC=CC=C34)C=CC2=C1. The summed E-state index contributed by atoms with van der Waals surface area (Å²) in [5.74, 6) is 4.60. The molecule has 0 bridgehead atoms. The van der Waals surface area contributed by atoms with Gasteiger partial charge in [-0.25, -0.2) is 0 Å². The van der Waals surface area contributed by atoms with Crippen LogP contribution < -0.4 is 26.2 Å². The molecule has 2 heterocycles. The van der Waals surface area contributed by atoms with Crippen molar-refractivity contribution in [2.75, 3.05) is 0 Å². The van der Waals surface area contributed by atoms with Crippen LogP contribution in [0.4, 0.5) is 0 Å². The fourth-order valence-electron chi connectivity index (χ4n) is 14.6. The van der Waals surface area contributed by atoms with Crippen LogP contribution in [0.15, 0.2) is 201 Å². The van der Waals surface area contributed by atoms with Crippen molar-refractivity contribution >= 4 is 30.1 Å². The minimum atomic E-state index is 0.0371. The molecule has 0 aromatic heterocycles. The summed E-state index contributed by atoms with van der Waals surface area (Å²) in [7, 11) is 0. The topological polar surface area (TPSA) is 27.6 Å². The largest absolute Gasteiger partial charge is 0.361 e. The number of benzene rings is 2. The van der Waals surface area contributed by atoms with Gasteiger partial charge < -0.3 is 10.2 Å². The average Bonchev–Trinajstić information content (AvgIpc) is 3.79. The molecule has 67 heavy (non-hydrogen) atoms. The molecule has 9 atom stereocenters. The molecular formula is C64H61N3. The van der Waals surface area contributed by atoms with Crippen LogP contribution in [0.5, 0.6) is 0 Å². The summed E-state index contributed by atoms with van der Waals surface area (Å²) >= 11 is 0. The van der Waals surface area contributed by atoms with E-state index >= 15 is 0 Å². The molecule has 3 heteroatoms. The van der Waals surface area contributed by atoms with Crippen LogP contribution in [0.1, 0.15) is 88.8 Å². The Morgan fingerprint density at radius 1 is 0.657 bits per heavy atom. The lowest BCUT2D eigenvalue weighted by molar-refractivity contribution is 0.203. The third-order valence-electron chi connectivity index (χ3n) is 17.8. The van der Waals surface area contributed by atoms with Gasteiger partial charge in [0, 0.05) is 17.2 Å².